The first-order valence-corrected chi connectivity index (χ1v) is 8.80. The van der Waals surface area contributed by atoms with Gasteiger partial charge in [0.1, 0.15) is 0 Å². The molecule has 0 atom stereocenters. The summed E-state index contributed by atoms with van der Waals surface area (Å²) in [6.07, 6.45) is 1.59. The fourth-order valence-corrected chi connectivity index (χ4v) is 3.50. The Labute approximate surface area is 152 Å². The fourth-order valence-electron chi connectivity index (χ4n) is 3.26. The number of aromatic nitrogens is 4. The van der Waals surface area contributed by atoms with E-state index in [4.69, 9.17) is 17.0 Å². The number of aryl methyl sites for hydroxylation is 2. The Morgan fingerprint density at radius 3 is 2.44 bits per heavy atom. The lowest BCUT2D eigenvalue weighted by Gasteiger charge is -2.29. The predicted molar refractivity (Wildman–Crippen MR) is 96.0 cm³/mol. The Hall–Kier alpha value is -2.06. The molecule has 1 fully saturated rings. The second kappa shape index (κ2) is 7.45. The zero-order chi connectivity index (χ0) is 18.0. The van der Waals surface area contributed by atoms with Crippen LogP contribution in [0.1, 0.15) is 24.0 Å². The van der Waals surface area contributed by atoms with Gasteiger partial charge in [0, 0.05) is 13.1 Å². The highest BCUT2D eigenvalue weighted by atomic mass is 32.1. The number of carbonyl (C=O) groups is 1. The normalized spacial score (nSPS) is 16.1. The molecule has 8 heteroatoms. The summed E-state index contributed by atoms with van der Waals surface area (Å²) in [6, 6.07) is 6.20. The number of rotatable bonds is 4. The molecule has 1 aromatic heterocycles. The molecule has 0 amide bonds. The maximum Gasteiger partial charge on any atom is 0.308 e. The third-order valence-electron chi connectivity index (χ3n) is 4.55. The summed E-state index contributed by atoms with van der Waals surface area (Å²) in [5.41, 5.74) is 3.26. The van der Waals surface area contributed by atoms with Gasteiger partial charge in [0.05, 0.1) is 25.4 Å². The molecular weight excluding hydrogens is 338 g/mol. The number of hydrogen-bond acceptors (Lipinski definition) is 6. The topological polar surface area (TPSA) is 65.2 Å². The number of likely N-dealkylation sites (tertiary alicyclic amines) is 1. The van der Waals surface area contributed by atoms with Crippen molar-refractivity contribution in [1.29, 1.82) is 0 Å². The lowest BCUT2D eigenvalue weighted by atomic mass is 9.97. The van der Waals surface area contributed by atoms with E-state index < -0.39 is 0 Å². The van der Waals surface area contributed by atoms with E-state index >= 15 is 0 Å². The number of tetrazole rings is 1. The molecule has 2 aromatic rings. The molecule has 0 saturated carbocycles. The van der Waals surface area contributed by atoms with Crippen LogP contribution in [-0.4, -0.2) is 50.9 Å². The minimum Gasteiger partial charge on any atom is -0.469 e. The van der Waals surface area contributed by atoms with Crippen LogP contribution in [0.2, 0.25) is 0 Å². The number of nitrogens with zero attached hydrogens (tertiary/aromatic N) is 5. The standard InChI is InChI=1S/C17H23N5O2S/c1-12-8-13(2)10-15(9-12)22-17(25)21(18-19-22)11-20-6-4-14(5-7-20)16(23)24-3/h8-10,14H,4-7,11H2,1-3H3. The van der Waals surface area contributed by atoms with Gasteiger partial charge in [-0.05, 0) is 72.6 Å². The maximum atomic E-state index is 11.6. The number of ether oxygens (including phenoxy) is 1. The first-order valence-electron chi connectivity index (χ1n) is 8.39. The van der Waals surface area contributed by atoms with Crippen LogP contribution in [0.5, 0.6) is 0 Å². The molecule has 0 radical (unpaired) electrons. The molecule has 1 aromatic carbocycles. The second-order valence-corrected chi connectivity index (χ2v) is 6.94. The quantitative estimate of drug-likeness (QED) is 0.615. The van der Waals surface area contributed by atoms with Gasteiger partial charge in [-0.1, -0.05) is 6.07 Å². The SMILES string of the molecule is COC(=O)C1CCN(Cn2nnn(-c3cc(C)cc(C)c3)c2=S)CC1. The number of methoxy groups -OCH3 is 1. The molecule has 0 N–H and O–H groups in total. The Bertz CT molecular complexity index is 800. The van der Waals surface area contributed by atoms with Gasteiger partial charge in [-0.3, -0.25) is 9.69 Å². The van der Waals surface area contributed by atoms with Crippen LogP contribution >= 0.6 is 12.2 Å². The number of esters is 1. The van der Waals surface area contributed by atoms with Gasteiger partial charge in [0.15, 0.2) is 0 Å². The molecule has 3 rings (SSSR count). The average Bonchev–Trinajstić information content (AvgIpc) is 2.95. The number of carbonyl (C=O) groups excluding carboxylic acids is 1. The maximum absolute atomic E-state index is 11.6. The van der Waals surface area contributed by atoms with Crippen LogP contribution in [-0.2, 0) is 16.2 Å². The van der Waals surface area contributed by atoms with E-state index in [1.165, 1.54) is 7.11 Å². The van der Waals surface area contributed by atoms with Gasteiger partial charge in [-0.2, -0.15) is 4.68 Å². The summed E-state index contributed by atoms with van der Waals surface area (Å²) >= 11 is 5.55. The zero-order valence-corrected chi connectivity index (χ0v) is 15.6. The van der Waals surface area contributed by atoms with Crippen LogP contribution in [0.4, 0.5) is 0 Å². The lowest BCUT2D eigenvalue weighted by Crippen LogP contribution is -2.38. The van der Waals surface area contributed by atoms with Crippen LogP contribution < -0.4 is 0 Å². The summed E-state index contributed by atoms with van der Waals surface area (Å²) in [5.74, 6) is -0.114. The van der Waals surface area contributed by atoms with Gasteiger partial charge in [0.2, 0.25) is 4.77 Å². The van der Waals surface area contributed by atoms with Gasteiger partial charge >= 0.3 is 5.97 Å². The molecule has 0 bridgehead atoms. The van der Waals surface area contributed by atoms with Gasteiger partial charge in [0.25, 0.3) is 0 Å². The lowest BCUT2D eigenvalue weighted by molar-refractivity contribution is -0.147. The average molecular weight is 361 g/mol. The summed E-state index contributed by atoms with van der Waals surface area (Å²) in [5, 5.41) is 8.42. The van der Waals surface area contributed by atoms with Crippen molar-refractivity contribution in [3.8, 4) is 5.69 Å². The molecule has 25 heavy (non-hydrogen) atoms. The van der Waals surface area contributed by atoms with Crippen molar-refractivity contribution in [3.63, 3.8) is 0 Å². The minimum atomic E-state index is -0.114. The van der Waals surface area contributed by atoms with Crippen LogP contribution in [0.3, 0.4) is 0 Å². The van der Waals surface area contributed by atoms with Crippen molar-refractivity contribution in [1.82, 2.24) is 24.7 Å². The first-order chi connectivity index (χ1) is 12.0. The predicted octanol–water partition coefficient (Wildman–Crippen LogP) is 2.26. The molecule has 0 spiro atoms. The Balaban J connectivity index is 1.70. The Morgan fingerprint density at radius 2 is 1.84 bits per heavy atom. The summed E-state index contributed by atoms with van der Waals surface area (Å²) in [7, 11) is 1.44. The molecule has 1 aliphatic heterocycles. The molecule has 134 valence electrons. The van der Waals surface area contributed by atoms with Crippen molar-refractivity contribution in [2.24, 2.45) is 5.92 Å². The van der Waals surface area contributed by atoms with E-state index in [-0.39, 0.29) is 11.9 Å². The molecule has 0 aliphatic carbocycles. The molecule has 2 heterocycles. The van der Waals surface area contributed by atoms with E-state index in [0.717, 1.165) is 42.7 Å². The monoisotopic (exact) mass is 361 g/mol. The van der Waals surface area contributed by atoms with E-state index in [2.05, 4.69) is 35.2 Å². The van der Waals surface area contributed by atoms with Gasteiger partial charge in [-0.25, -0.2) is 4.68 Å². The minimum absolute atomic E-state index is 0.000161. The van der Waals surface area contributed by atoms with Crippen molar-refractivity contribution >= 4 is 18.2 Å². The Kier molecular flexibility index (Phi) is 5.29. The van der Waals surface area contributed by atoms with Crippen molar-refractivity contribution < 1.29 is 9.53 Å². The zero-order valence-electron chi connectivity index (χ0n) is 14.8. The van der Waals surface area contributed by atoms with Gasteiger partial charge in [-0.15, -0.1) is 0 Å². The molecule has 1 saturated heterocycles. The van der Waals surface area contributed by atoms with Crippen LogP contribution in [0, 0.1) is 24.5 Å². The number of benzene rings is 1. The van der Waals surface area contributed by atoms with Crippen molar-refractivity contribution in [2.75, 3.05) is 20.2 Å². The molecule has 1 aliphatic rings. The Morgan fingerprint density at radius 1 is 1.20 bits per heavy atom. The number of piperidine rings is 1. The van der Waals surface area contributed by atoms with Crippen LogP contribution in [0.15, 0.2) is 18.2 Å². The molecule has 0 unspecified atom stereocenters. The van der Waals surface area contributed by atoms with E-state index in [1.807, 2.05) is 12.1 Å². The summed E-state index contributed by atoms with van der Waals surface area (Å²) in [4.78, 5) is 13.8. The molecular formula is C17H23N5O2S. The highest BCUT2D eigenvalue weighted by Gasteiger charge is 2.26. The fraction of sp³-hybridized carbons (Fsp3) is 0.529. The van der Waals surface area contributed by atoms with E-state index in [1.54, 1.807) is 9.36 Å². The van der Waals surface area contributed by atoms with Crippen molar-refractivity contribution in [3.05, 3.63) is 34.1 Å². The highest BCUT2D eigenvalue weighted by molar-refractivity contribution is 7.71. The summed E-state index contributed by atoms with van der Waals surface area (Å²) in [6.45, 7) is 6.32. The van der Waals surface area contributed by atoms with E-state index in [9.17, 15) is 4.79 Å². The number of hydrogen-bond donors (Lipinski definition) is 0. The van der Waals surface area contributed by atoms with Crippen LogP contribution in [0.25, 0.3) is 5.69 Å². The third-order valence-corrected chi connectivity index (χ3v) is 4.93. The first kappa shape index (κ1) is 17.8. The van der Waals surface area contributed by atoms with E-state index in [0.29, 0.717) is 11.4 Å². The highest BCUT2D eigenvalue weighted by Crippen LogP contribution is 2.19. The largest absolute Gasteiger partial charge is 0.469 e. The third kappa shape index (κ3) is 3.96. The van der Waals surface area contributed by atoms with Gasteiger partial charge < -0.3 is 4.74 Å². The van der Waals surface area contributed by atoms with Crippen molar-refractivity contribution in [2.45, 2.75) is 33.4 Å². The second-order valence-electron chi connectivity index (χ2n) is 6.58. The smallest absolute Gasteiger partial charge is 0.308 e. The summed E-state index contributed by atoms with van der Waals surface area (Å²) < 4.78 is 8.82. The molecule has 7 nitrogen and oxygen atoms in total.